The van der Waals surface area contributed by atoms with Crippen LogP contribution in [0.25, 0.3) is 0 Å². The Morgan fingerprint density at radius 2 is 1.62 bits per heavy atom. The number of para-hydroxylation sites is 2. The number of benzene rings is 2. The number of carbonyl (C=O) groups excluding carboxylic acids is 1. The molecule has 0 radical (unpaired) electrons. The highest BCUT2D eigenvalue weighted by Crippen LogP contribution is 2.27. The molecule has 1 heterocycles. The fraction of sp³-hybridized carbons (Fsp3) is 0.278. The Balaban J connectivity index is 1.62. The Hall–Kier alpha value is -1.91. The van der Waals surface area contributed by atoms with E-state index in [-0.39, 0.29) is 6.03 Å². The molecule has 1 aliphatic heterocycles. The lowest BCUT2D eigenvalue weighted by atomic mass is 10.2. The highest BCUT2D eigenvalue weighted by Gasteiger charge is 2.23. The van der Waals surface area contributed by atoms with Crippen LogP contribution in [0.4, 0.5) is 16.2 Å². The van der Waals surface area contributed by atoms with Crippen molar-refractivity contribution in [2.45, 2.75) is 6.92 Å². The third-order valence-electron chi connectivity index (χ3n) is 4.21. The molecule has 6 heteroatoms. The molecule has 0 unspecified atom stereocenters. The third-order valence-corrected chi connectivity index (χ3v) is 4.85. The maximum Gasteiger partial charge on any atom is 0.322 e. The average molecular weight is 364 g/mol. The highest BCUT2D eigenvalue weighted by molar-refractivity contribution is 6.34. The number of anilines is 2. The second kappa shape index (κ2) is 7.32. The number of nitrogens with zero attached hydrogens (tertiary/aromatic N) is 2. The van der Waals surface area contributed by atoms with Crippen molar-refractivity contribution in [3.63, 3.8) is 0 Å². The number of hydrogen-bond acceptors (Lipinski definition) is 2. The number of amides is 2. The van der Waals surface area contributed by atoms with E-state index in [0.717, 1.165) is 29.4 Å². The van der Waals surface area contributed by atoms with E-state index < -0.39 is 0 Å². The lowest BCUT2D eigenvalue weighted by molar-refractivity contribution is 0.208. The number of halogens is 2. The van der Waals surface area contributed by atoms with Crippen LogP contribution in [0.15, 0.2) is 42.5 Å². The molecule has 0 saturated carbocycles. The lowest BCUT2D eigenvalue weighted by Crippen LogP contribution is -2.50. The van der Waals surface area contributed by atoms with E-state index in [1.807, 2.05) is 43.3 Å². The summed E-state index contributed by atoms with van der Waals surface area (Å²) in [6, 6.07) is 13.2. The zero-order valence-electron chi connectivity index (χ0n) is 13.4. The quantitative estimate of drug-likeness (QED) is 0.842. The first kappa shape index (κ1) is 16.9. The van der Waals surface area contributed by atoms with Crippen molar-refractivity contribution >= 4 is 40.6 Å². The van der Waals surface area contributed by atoms with E-state index in [1.54, 1.807) is 11.0 Å². The number of hydrogen-bond donors (Lipinski definition) is 1. The van der Waals surface area contributed by atoms with Gasteiger partial charge in [-0.25, -0.2) is 4.79 Å². The molecule has 0 atom stereocenters. The number of urea groups is 1. The first-order chi connectivity index (χ1) is 11.6. The van der Waals surface area contributed by atoms with E-state index in [9.17, 15) is 4.79 Å². The summed E-state index contributed by atoms with van der Waals surface area (Å²) in [5.41, 5.74) is 2.64. The average Bonchev–Trinajstić information content (AvgIpc) is 2.59. The van der Waals surface area contributed by atoms with Gasteiger partial charge >= 0.3 is 6.03 Å². The van der Waals surface area contributed by atoms with Crippen LogP contribution in [0.3, 0.4) is 0 Å². The first-order valence-electron chi connectivity index (χ1n) is 7.87. The fourth-order valence-corrected chi connectivity index (χ4v) is 3.36. The molecule has 4 nitrogen and oxygen atoms in total. The Kier molecular flexibility index (Phi) is 5.17. The molecule has 2 aromatic carbocycles. The molecule has 0 aromatic heterocycles. The highest BCUT2D eigenvalue weighted by atomic mass is 35.5. The summed E-state index contributed by atoms with van der Waals surface area (Å²) in [7, 11) is 0. The third kappa shape index (κ3) is 3.60. The smallest absolute Gasteiger partial charge is 0.322 e. The van der Waals surface area contributed by atoms with Crippen LogP contribution in [-0.2, 0) is 0 Å². The van der Waals surface area contributed by atoms with Gasteiger partial charge in [0.1, 0.15) is 0 Å². The fourth-order valence-electron chi connectivity index (χ4n) is 2.83. The van der Waals surface area contributed by atoms with Crippen LogP contribution in [0.5, 0.6) is 0 Å². The van der Waals surface area contributed by atoms with Crippen molar-refractivity contribution in [3.05, 3.63) is 58.1 Å². The Morgan fingerprint density at radius 3 is 2.29 bits per heavy atom. The van der Waals surface area contributed by atoms with Crippen molar-refractivity contribution in [1.29, 1.82) is 0 Å². The number of nitrogens with one attached hydrogen (secondary N) is 1. The van der Waals surface area contributed by atoms with Gasteiger partial charge in [-0.3, -0.25) is 0 Å². The van der Waals surface area contributed by atoms with Crippen molar-refractivity contribution in [1.82, 2.24) is 4.90 Å². The van der Waals surface area contributed by atoms with Gasteiger partial charge in [0, 0.05) is 26.2 Å². The predicted molar refractivity (Wildman–Crippen MR) is 100 cm³/mol. The maximum atomic E-state index is 12.5. The topological polar surface area (TPSA) is 35.6 Å². The molecule has 126 valence electrons. The number of piperazine rings is 1. The van der Waals surface area contributed by atoms with Crippen LogP contribution in [0.2, 0.25) is 10.0 Å². The standard InChI is InChI=1S/C18H19Cl2N3O/c1-13-5-4-7-15(20)17(13)21-18(24)23-11-9-22(10-12-23)16-8-3-2-6-14(16)19/h2-8H,9-12H2,1H3,(H,21,24). The molecule has 3 rings (SSSR count). The van der Waals surface area contributed by atoms with Crippen molar-refractivity contribution < 1.29 is 4.79 Å². The van der Waals surface area contributed by atoms with Crippen LogP contribution in [0, 0.1) is 6.92 Å². The molecule has 2 amide bonds. The van der Waals surface area contributed by atoms with E-state index in [2.05, 4.69) is 10.2 Å². The van der Waals surface area contributed by atoms with Crippen LogP contribution >= 0.6 is 23.2 Å². The molecule has 1 aliphatic rings. The van der Waals surface area contributed by atoms with Gasteiger partial charge in [-0.1, -0.05) is 47.5 Å². The van der Waals surface area contributed by atoms with E-state index >= 15 is 0 Å². The Morgan fingerprint density at radius 1 is 0.958 bits per heavy atom. The van der Waals surface area contributed by atoms with Gasteiger partial charge in [0.15, 0.2) is 0 Å². The summed E-state index contributed by atoms with van der Waals surface area (Å²) in [4.78, 5) is 16.5. The molecule has 2 aromatic rings. The molecule has 0 bridgehead atoms. The van der Waals surface area contributed by atoms with Crippen molar-refractivity contribution in [3.8, 4) is 0 Å². The summed E-state index contributed by atoms with van der Waals surface area (Å²) >= 11 is 12.4. The Labute approximate surface area is 152 Å². The number of carbonyl (C=O) groups is 1. The zero-order valence-corrected chi connectivity index (χ0v) is 14.9. The monoisotopic (exact) mass is 363 g/mol. The van der Waals surface area contributed by atoms with Gasteiger partial charge in [0.05, 0.1) is 21.4 Å². The van der Waals surface area contributed by atoms with E-state index in [0.29, 0.717) is 23.8 Å². The van der Waals surface area contributed by atoms with Crippen LogP contribution in [-0.4, -0.2) is 37.1 Å². The van der Waals surface area contributed by atoms with Crippen LogP contribution < -0.4 is 10.2 Å². The van der Waals surface area contributed by atoms with Gasteiger partial charge in [-0.05, 0) is 30.7 Å². The van der Waals surface area contributed by atoms with Crippen molar-refractivity contribution in [2.24, 2.45) is 0 Å². The van der Waals surface area contributed by atoms with E-state index in [1.165, 1.54) is 0 Å². The summed E-state index contributed by atoms with van der Waals surface area (Å²) in [6.45, 7) is 4.70. The second-order valence-electron chi connectivity index (χ2n) is 5.79. The second-order valence-corrected chi connectivity index (χ2v) is 6.60. The molecular formula is C18H19Cl2N3O. The predicted octanol–water partition coefficient (Wildman–Crippen LogP) is 4.66. The Bertz CT molecular complexity index is 723. The summed E-state index contributed by atoms with van der Waals surface area (Å²) in [5, 5.41) is 4.22. The van der Waals surface area contributed by atoms with Crippen LogP contribution in [0.1, 0.15) is 5.56 Å². The largest absolute Gasteiger partial charge is 0.367 e. The minimum Gasteiger partial charge on any atom is -0.367 e. The molecule has 1 N–H and O–H groups in total. The zero-order chi connectivity index (χ0) is 17.1. The normalized spacial score (nSPS) is 14.6. The minimum atomic E-state index is -0.120. The number of aryl methyl sites for hydroxylation is 1. The molecular weight excluding hydrogens is 345 g/mol. The SMILES string of the molecule is Cc1cccc(Cl)c1NC(=O)N1CCN(c2ccccc2Cl)CC1. The molecule has 24 heavy (non-hydrogen) atoms. The van der Waals surface area contributed by atoms with E-state index in [4.69, 9.17) is 23.2 Å². The van der Waals surface area contributed by atoms with Gasteiger partial charge < -0.3 is 15.1 Å². The molecule has 0 aliphatic carbocycles. The summed E-state index contributed by atoms with van der Waals surface area (Å²) in [6.07, 6.45) is 0. The van der Waals surface area contributed by atoms with Gasteiger partial charge in [-0.2, -0.15) is 0 Å². The lowest BCUT2D eigenvalue weighted by Gasteiger charge is -2.36. The minimum absolute atomic E-state index is 0.120. The van der Waals surface area contributed by atoms with Gasteiger partial charge in [0.25, 0.3) is 0 Å². The first-order valence-corrected chi connectivity index (χ1v) is 8.62. The van der Waals surface area contributed by atoms with Gasteiger partial charge in [0.2, 0.25) is 0 Å². The van der Waals surface area contributed by atoms with Gasteiger partial charge in [-0.15, -0.1) is 0 Å². The molecule has 1 fully saturated rings. The van der Waals surface area contributed by atoms with Crippen molar-refractivity contribution in [2.75, 3.05) is 36.4 Å². The summed E-state index contributed by atoms with van der Waals surface area (Å²) in [5.74, 6) is 0. The maximum absolute atomic E-state index is 12.5. The number of rotatable bonds is 2. The summed E-state index contributed by atoms with van der Waals surface area (Å²) < 4.78 is 0. The molecule has 0 spiro atoms. The molecule has 1 saturated heterocycles.